The summed E-state index contributed by atoms with van der Waals surface area (Å²) in [4.78, 5) is 62.3. The largest absolute Gasteiger partial charge is 0.547 e. The van der Waals surface area contributed by atoms with Crippen LogP contribution < -0.4 is 30.5 Å². The van der Waals surface area contributed by atoms with Crippen molar-refractivity contribution in [2.75, 3.05) is 44.4 Å². The van der Waals surface area contributed by atoms with Gasteiger partial charge in [-0.05, 0) is 55.5 Å². The van der Waals surface area contributed by atoms with Gasteiger partial charge in [0.25, 0.3) is 5.91 Å². The van der Waals surface area contributed by atoms with E-state index < -0.39 is 73.3 Å². The van der Waals surface area contributed by atoms with Crippen LogP contribution in [-0.4, -0.2) is 112 Å². The smallest absolute Gasteiger partial charge is 0.422 e. The number of aliphatic carboxylic acids is 1. The van der Waals surface area contributed by atoms with Gasteiger partial charge in [0.1, 0.15) is 12.7 Å². The molecule has 4 rings (SSSR count). The standard InChI is InChI=1S/C37H46F3N3O13/c1-20(42-11-15-50-27-8-5-6-9-28(27)52-19-37(38,39)40)16-24-17-25-10-13-43(29(25)26(18-24)34(41)47)12-7-14-51-36-33(55-23(4)46)31(54-22(3)45)30(53-21(2)44)32(56-36)35(48)49/h5-6,8-9,17-18,20,30-33,36,42H,7,10-16,19H2,1-4H3,(H2,41,47)(H,48,49)/p-1/t20-,30+,31+,32+,33-,36-/m1/s1. The van der Waals surface area contributed by atoms with E-state index in [1.807, 2.05) is 17.9 Å². The van der Waals surface area contributed by atoms with Crippen molar-refractivity contribution in [1.29, 1.82) is 0 Å². The first kappa shape index (κ1) is 43.6. The number of para-hydroxylation sites is 2. The van der Waals surface area contributed by atoms with Gasteiger partial charge < -0.3 is 59.0 Å². The number of carboxylic acid groups (broad SMARTS) is 1. The first-order valence-corrected chi connectivity index (χ1v) is 17.8. The molecule has 6 atom stereocenters. The first-order chi connectivity index (χ1) is 26.4. The number of nitrogens with one attached hydrogen (secondary N) is 1. The van der Waals surface area contributed by atoms with Crippen molar-refractivity contribution in [3.8, 4) is 11.5 Å². The van der Waals surface area contributed by atoms with Crippen LogP contribution in [0.4, 0.5) is 18.9 Å². The number of carbonyl (C=O) groups excluding carboxylic acids is 5. The molecule has 2 aromatic carbocycles. The molecule has 2 aliphatic heterocycles. The fourth-order valence-electron chi connectivity index (χ4n) is 6.51. The minimum absolute atomic E-state index is 0.0144. The lowest BCUT2D eigenvalue weighted by Crippen LogP contribution is -2.65. The second-order valence-electron chi connectivity index (χ2n) is 13.2. The van der Waals surface area contributed by atoms with Crippen LogP contribution in [0.2, 0.25) is 0 Å². The molecule has 2 heterocycles. The summed E-state index contributed by atoms with van der Waals surface area (Å²) in [5, 5.41) is 15.3. The maximum Gasteiger partial charge on any atom is 0.422 e. The molecule has 0 spiro atoms. The van der Waals surface area contributed by atoms with Crippen LogP contribution in [0.25, 0.3) is 0 Å². The summed E-state index contributed by atoms with van der Waals surface area (Å²) in [7, 11) is 0. The Morgan fingerprint density at radius 2 is 1.57 bits per heavy atom. The molecule has 16 nitrogen and oxygen atoms in total. The number of benzene rings is 2. The minimum atomic E-state index is -4.48. The van der Waals surface area contributed by atoms with Crippen LogP contribution in [0.5, 0.6) is 11.5 Å². The number of carbonyl (C=O) groups is 5. The summed E-state index contributed by atoms with van der Waals surface area (Å²) in [5.74, 6) is -4.85. The first-order valence-electron chi connectivity index (χ1n) is 17.8. The number of hydrogen-bond donors (Lipinski definition) is 2. The van der Waals surface area contributed by atoms with Crippen molar-refractivity contribution in [1.82, 2.24) is 5.32 Å². The molecule has 1 fully saturated rings. The number of ether oxygens (including phenoxy) is 7. The normalized spacial score (nSPS) is 21.1. The van der Waals surface area contributed by atoms with Crippen molar-refractivity contribution >= 4 is 35.5 Å². The Labute approximate surface area is 320 Å². The van der Waals surface area contributed by atoms with Crippen molar-refractivity contribution in [2.45, 2.75) is 89.9 Å². The Morgan fingerprint density at radius 3 is 2.18 bits per heavy atom. The number of nitrogens with two attached hydrogens (primary N) is 1. The van der Waals surface area contributed by atoms with Crippen molar-refractivity contribution < 1.29 is 75.4 Å². The molecule has 56 heavy (non-hydrogen) atoms. The molecule has 2 aliphatic rings. The average molecular weight is 797 g/mol. The number of esters is 3. The zero-order chi connectivity index (χ0) is 41.2. The number of primary amides is 1. The van der Waals surface area contributed by atoms with E-state index in [2.05, 4.69) is 5.32 Å². The molecular weight excluding hydrogens is 751 g/mol. The predicted octanol–water partition coefficient (Wildman–Crippen LogP) is 1.37. The molecule has 1 saturated heterocycles. The van der Waals surface area contributed by atoms with Crippen LogP contribution in [0.1, 0.15) is 55.6 Å². The summed E-state index contributed by atoms with van der Waals surface area (Å²) in [6.45, 7) is 5.00. The van der Waals surface area contributed by atoms with E-state index in [1.54, 1.807) is 18.2 Å². The molecular formula is C37H45F3N3O13-. The van der Waals surface area contributed by atoms with Crippen molar-refractivity contribution in [3.05, 3.63) is 53.1 Å². The molecule has 1 amide bonds. The second-order valence-corrected chi connectivity index (χ2v) is 13.2. The van der Waals surface area contributed by atoms with Crippen LogP contribution in [0, 0.1) is 0 Å². The van der Waals surface area contributed by atoms with Gasteiger partial charge in [0.2, 0.25) is 0 Å². The van der Waals surface area contributed by atoms with E-state index in [0.29, 0.717) is 50.1 Å². The van der Waals surface area contributed by atoms with E-state index in [4.69, 9.17) is 38.9 Å². The number of amides is 1. The number of nitrogens with zero attached hydrogens (tertiary/aromatic N) is 1. The maximum atomic E-state index is 12.7. The molecule has 0 radical (unpaired) electrons. The Kier molecular flexibility index (Phi) is 15.3. The highest BCUT2D eigenvalue weighted by Gasteiger charge is 2.53. The number of carboxylic acids is 1. The molecule has 2 aromatic rings. The lowest BCUT2D eigenvalue weighted by Gasteiger charge is -2.44. The summed E-state index contributed by atoms with van der Waals surface area (Å²) in [6, 6.07) is 9.74. The minimum Gasteiger partial charge on any atom is -0.547 e. The monoisotopic (exact) mass is 796 g/mol. The lowest BCUT2D eigenvalue weighted by atomic mass is 9.97. The number of rotatable bonds is 19. The van der Waals surface area contributed by atoms with Gasteiger partial charge in [-0.2, -0.15) is 13.2 Å². The highest BCUT2D eigenvalue weighted by molar-refractivity contribution is 6.00. The van der Waals surface area contributed by atoms with Crippen LogP contribution in [0.3, 0.4) is 0 Å². The molecule has 0 unspecified atom stereocenters. The van der Waals surface area contributed by atoms with Crippen molar-refractivity contribution in [2.24, 2.45) is 5.73 Å². The summed E-state index contributed by atoms with van der Waals surface area (Å²) in [6.07, 6.45) is -11.3. The number of hydrogen-bond acceptors (Lipinski definition) is 15. The topological polar surface area (TPSA) is 214 Å². The van der Waals surface area contributed by atoms with Gasteiger partial charge >= 0.3 is 24.1 Å². The number of alkyl halides is 3. The summed E-state index contributed by atoms with van der Waals surface area (Å²) < 4.78 is 75.3. The average Bonchev–Trinajstić information content (AvgIpc) is 3.51. The van der Waals surface area contributed by atoms with Gasteiger partial charge in [0.15, 0.2) is 42.7 Å². The molecule has 0 aromatic heterocycles. The van der Waals surface area contributed by atoms with Gasteiger partial charge in [0.05, 0.1) is 23.8 Å². The molecule has 0 saturated carbocycles. The van der Waals surface area contributed by atoms with E-state index >= 15 is 0 Å². The molecule has 308 valence electrons. The molecule has 3 N–H and O–H groups in total. The third kappa shape index (κ3) is 12.4. The zero-order valence-corrected chi connectivity index (χ0v) is 31.3. The lowest BCUT2D eigenvalue weighted by molar-refractivity contribution is -0.350. The Morgan fingerprint density at radius 1 is 0.946 bits per heavy atom. The third-order valence-corrected chi connectivity index (χ3v) is 8.60. The van der Waals surface area contributed by atoms with Crippen LogP contribution in [0.15, 0.2) is 36.4 Å². The van der Waals surface area contributed by atoms with Crippen molar-refractivity contribution in [3.63, 3.8) is 0 Å². The molecule has 19 heteroatoms. The van der Waals surface area contributed by atoms with Gasteiger partial charge in [-0.15, -0.1) is 0 Å². The van der Waals surface area contributed by atoms with Gasteiger partial charge in [-0.1, -0.05) is 18.2 Å². The Balaban J connectivity index is 1.35. The number of anilines is 1. The second kappa shape index (κ2) is 19.6. The number of halogens is 3. The van der Waals surface area contributed by atoms with E-state index in [1.165, 1.54) is 12.1 Å². The predicted molar refractivity (Wildman–Crippen MR) is 186 cm³/mol. The van der Waals surface area contributed by atoms with E-state index in [-0.39, 0.29) is 30.8 Å². The Bertz CT molecular complexity index is 1730. The molecule has 0 bridgehead atoms. The van der Waals surface area contributed by atoms with E-state index in [0.717, 1.165) is 31.9 Å². The quantitative estimate of drug-likeness (QED) is 0.117. The SMILES string of the molecule is CC(=O)O[C@@H]1[C@@H](OC(C)=O)[C@H](OCCCN2CCc3cc(C[C@@H](C)NCCOc4ccccc4OCC(F)(F)F)cc(C(N)=O)c32)O[C@H](C(=O)[O-])[C@H]1OC(C)=O. The fourth-order valence-corrected chi connectivity index (χ4v) is 6.51. The zero-order valence-electron chi connectivity index (χ0n) is 31.3. The maximum absolute atomic E-state index is 12.7. The fraction of sp³-hybridized carbons (Fsp3) is 0.541. The highest BCUT2D eigenvalue weighted by atomic mass is 19.4. The summed E-state index contributed by atoms with van der Waals surface area (Å²) >= 11 is 0. The summed E-state index contributed by atoms with van der Waals surface area (Å²) in [5.41, 5.74) is 8.58. The number of fused-ring (bicyclic) bond motifs is 1. The van der Waals surface area contributed by atoms with Gasteiger partial charge in [-0.3, -0.25) is 19.2 Å². The van der Waals surface area contributed by atoms with E-state index in [9.17, 15) is 42.3 Å². The third-order valence-electron chi connectivity index (χ3n) is 8.60. The molecule has 0 aliphatic carbocycles. The van der Waals surface area contributed by atoms with Gasteiger partial charge in [0, 0.05) is 46.4 Å². The Hall–Kier alpha value is -5.14. The van der Waals surface area contributed by atoms with Crippen LogP contribution >= 0.6 is 0 Å². The highest BCUT2D eigenvalue weighted by Crippen LogP contribution is 2.34. The van der Waals surface area contributed by atoms with Crippen LogP contribution in [-0.2, 0) is 55.7 Å². The van der Waals surface area contributed by atoms with Gasteiger partial charge in [-0.25, -0.2) is 0 Å².